The Kier molecular flexibility index (Phi) is 5.69. The minimum absolute atomic E-state index is 0.161. The van der Waals surface area contributed by atoms with E-state index in [0.29, 0.717) is 12.5 Å². The number of halogens is 2. The molecule has 0 aliphatic heterocycles. The summed E-state index contributed by atoms with van der Waals surface area (Å²) in [5.74, 6) is 0.695. The van der Waals surface area contributed by atoms with Gasteiger partial charge in [0.1, 0.15) is 0 Å². The first-order valence-corrected chi connectivity index (χ1v) is 8.94. The van der Waals surface area contributed by atoms with E-state index in [2.05, 4.69) is 38.8 Å². The second kappa shape index (κ2) is 6.91. The van der Waals surface area contributed by atoms with Crippen LogP contribution < -0.4 is 5.73 Å². The highest BCUT2D eigenvalue weighted by atomic mass is 79.9. The van der Waals surface area contributed by atoms with Crippen LogP contribution in [-0.4, -0.2) is 11.7 Å². The van der Waals surface area contributed by atoms with Crippen molar-refractivity contribution in [3.05, 3.63) is 32.7 Å². The van der Waals surface area contributed by atoms with Gasteiger partial charge in [-0.1, -0.05) is 32.3 Å². The predicted octanol–water partition coefficient (Wildman–Crippen LogP) is 4.79. The van der Waals surface area contributed by atoms with E-state index in [-0.39, 0.29) is 5.41 Å². The molecule has 1 aromatic carbocycles. The highest BCUT2D eigenvalue weighted by Gasteiger charge is 2.41. The van der Waals surface area contributed by atoms with Crippen LogP contribution in [0.15, 0.2) is 27.1 Å². The van der Waals surface area contributed by atoms with Gasteiger partial charge >= 0.3 is 0 Å². The maximum atomic E-state index is 10.9. The third-order valence-electron chi connectivity index (χ3n) is 4.81. The summed E-state index contributed by atoms with van der Waals surface area (Å²) in [6.07, 6.45) is 5.20. The molecule has 0 aromatic heterocycles. The van der Waals surface area contributed by atoms with Gasteiger partial charge in [0.25, 0.3) is 0 Å². The smallest absolute Gasteiger partial charge is 0.0858 e. The zero-order valence-corrected chi connectivity index (χ0v) is 15.1. The second-order valence-corrected chi connectivity index (χ2v) is 7.72. The fourth-order valence-electron chi connectivity index (χ4n) is 3.45. The number of aliphatic hydroxyl groups is 1. The van der Waals surface area contributed by atoms with Crippen LogP contribution in [0.4, 0.5) is 0 Å². The predicted molar refractivity (Wildman–Crippen MR) is 90.5 cm³/mol. The van der Waals surface area contributed by atoms with Crippen LogP contribution in [0.2, 0.25) is 0 Å². The van der Waals surface area contributed by atoms with Gasteiger partial charge < -0.3 is 10.8 Å². The van der Waals surface area contributed by atoms with Gasteiger partial charge in [-0.05, 0) is 68.3 Å². The molecule has 20 heavy (non-hydrogen) atoms. The molecule has 1 aliphatic carbocycles. The minimum Gasteiger partial charge on any atom is -0.388 e. The van der Waals surface area contributed by atoms with Crippen LogP contribution in [-0.2, 0) is 0 Å². The Balaban J connectivity index is 2.27. The summed E-state index contributed by atoms with van der Waals surface area (Å²) in [6.45, 7) is 2.79. The van der Waals surface area contributed by atoms with Crippen LogP contribution in [0.3, 0.4) is 0 Å². The third-order valence-corrected chi connectivity index (χ3v) is 6.69. The standard InChI is InChI=1S/C16H23Br2NO/c1-2-11-4-3-7-16(9-11,10-19)15(20)12-5-6-13(17)14(18)8-12/h5-6,8,11,15,20H,2-4,7,9-10,19H2,1H3. The molecule has 0 amide bonds. The summed E-state index contributed by atoms with van der Waals surface area (Å²) < 4.78 is 1.98. The minimum atomic E-state index is -0.480. The molecule has 0 saturated heterocycles. The highest BCUT2D eigenvalue weighted by molar-refractivity contribution is 9.13. The Hall–Kier alpha value is 0.1000. The lowest BCUT2D eigenvalue weighted by atomic mass is 9.64. The largest absolute Gasteiger partial charge is 0.388 e. The van der Waals surface area contributed by atoms with Gasteiger partial charge in [0.2, 0.25) is 0 Å². The molecule has 1 saturated carbocycles. The van der Waals surface area contributed by atoms with Crippen molar-refractivity contribution in [3.8, 4) is 0 Å². The Morgan fingerprint density at radius 3 is 2.75 bits per heavy atom. The molecule has 112 valence electrons. The maximum Gasteiger partial charge on any atom is 0.0858 e. The van der Waals surface area contributed by atoms with Crippen LogP contribution in [0.5, 0.6) is 0 Å². The summed E-state index contributed by atoms with van der Waals surface area (Å²) in [5, 5.41) is 10.9. The summed E-state index contributed by atoms with van der Waals surface area (Å²) >= 11 is 6.99. The molecule has 3 unspecified atom stereocenters. The van der Waals surface area contributed by atoms with Crippen molar-refractivity contribution >= 4 is 31.9 Å². The first kappa shape index (κ1) is 16.5. The molecule has 4 heteroatoms. The molecule has 0 radical (unpaired) electrons. The van der Waals surface area contributed by atoms with E-state index < -0.39 is 6.10 Å². The lowest BCUT2D eigenvalue weighted by molar-refractivity contribution is -0.0162. The molecule has 0 bridgehead atoms. The average molecular weight is 405 g/mol. The average Bonchev–Trinajstić information content (AvgIpc) is 2.49. The van der Waals surface area contributed by atoms with E-state index in [9.17, 15) is 5.11 Å². The Morgan fingerprint density at radius 1 is 1.40 bits per heavy atom. The van der Waals surface area contributed by atoms with Crippen molar-refractivity contribution in [3.63, 3.8) is 0 Å². The van der Waals surface area contributed by atoms with Crippen molar-refractivity contribution < 1.29 is 5.11 Å². The van der Waals surface area contributed by atoms with Crippen LogP contribution in [0, 0.1) is 11.3 Å². The van der Waals surface area contributed by atoms with Gasteiger partial charge in [-0.15, -0.1) is 0 Å². The van der Waals surface area contributed by atoms with E-state index in [4.69, 9.17) is 5.73 Å². The fraction of sp³-hybridized carbons (Fsp3) is 0.625. The first-order chi connectivity index (χ1) is 9.52. The number of aliphatic hydroxyl groups excluding tert-OH is 1. The van der Waals surface area contributed by atoms with Gasteiger partial charge in [0.05, 0.1) is 6.10 Å². The normalized spacial score (nSPS) is 28.4. The van der Waals surface area contributed by atoms with Gasteiger partial charge in [0.15, 0.2) is 0 Å². The van der Waals surface area contributed by atoms with E-state index in [0.717, 1.165) is 27.4 Å². The number of benzene rings is 1. The van der Waals surface area contributed by atoms with Crippen molar-refractivity contribution in [1.82, 2.24) is 0 Å². The highest BCUT2D eigenvalue weighted by Crippen LogP contribution is 2.48. The number of hydrogen-bond acceptors (Lipinski definition) is 2. The molecule has 0 heterocycles. The van der Waals surface area contributed by atoms with Crippen LogP contribution >= 0.6 is 31.9 Å². The zero-order valence-electron chi connectivity index (χ0n) is 11.9. The molecular weight excluding hydrogens is 382 g/mol. The molecule has 3 N–H and O–H groups in total. The molecular formula is C16H23Br2NO. The SMILES string of the molecule is CCC1CCCC(CN)(C(O)c2ccc(Br)c(Br)c2)C1. The van der Waals surface area contributed by atoms with E-state index >= 15 is 0 Å². The first-order valence-electron chi connectivity index (χ1n) is 7.35. The molecule has 1 fully saturated rings. The molecule has 1 aromatic rings. The Labute approximate surface area is 138 Å². The summed E-state index contributed by atoms with van der Waals surface area (Å²) in [7, 11) is 0. The van der Waals surface area contributed by atoms with Crippen molar-refractivity contribution in [2.24, 2.45) is 17.1 Å². The van der Waals surface area contributed by atoms with Crippen LogP contribution in [0.1, 0.15) is 50.7 Å². The molecule has 3 atom stereocenters. The summed E-state index contributed by atoms with van der Waals surface area (Å²) in [6, 6.07) is 5.97. The van der Waals surface area contributed by atoms with Gasteiger partial charge in [-0.3, -0.25) is 0 Å². The topological polar surface area (TPSA) is 46.2 Å². The van der Waals surface area contributed by atoms with Gasteiger partial charge in [-0.25, -0.2) is 0 Å². The second-order valence-electron chi connectivity index (χ2n) is 6.01. The molecule has 1 aliphatic rings. The fourth-order valence-corrected chi connectivity index (χ4v) is 4.09. The summed E-state index contributed by atoms with van der Waals surface area (Å²) in [5.41, 5.74) is 6.88. The molecule has 2 nitrogen and oxygen atoms in total. The Bertz CT molecular complexity index is 466. The van der Waals surface area contributed by atoms with E-state index in [1.54, 1.807) is 0 Å². The quantitative estimate of drug-likeness (QED) is 0.757. The van der Waals surface area contributed by atoms with Gasteiger partial charge in [0, 0.05) is 20.9 Å². The van der Waals surface area contributed by atoms with Crippen molar-refractivity contribution in [2.45, 2.75) is 45.1 Å². The lowest BCUT2D eigenvalue weighted by Crippen LogP contribution is -2.41. The lowest BCUT2D eigenvalue weighted by Gasteiger charge is -2.43. The maximum absolute atomic E-state index is 10.9. The number of hydrogen-bond donors (Lipinski definition) is 2. The number of rotatable bonds is 4. The monoisotopic (exact) mass is 403 g/mol. The van der Waals surface area contributed by atoms with Crippen molar-refractivity contribution in [2.75, 3.05) is 6.54 Å². The van der Waals surface area contributed by atoms with E-state index in [1.807, 2.05) is 18.2 Å². The number of nitrogens with two attached hydrogens (primary N) is 1. The Morgan fingerprint density at radius 2 is 2.15 bits per heavy atom. The third kappa shape index (κ3) is 3.29. The molecule has 0 spiro atoms. The van der Waals surface area contributed by atoms with Crippen molar-refractivity contribution in [1.29, 1.82) is 0 Å². The zero-order chi connectivity index (χ0) is 14.8. The van der Waals surface area contributed by atoms with Gasteiger partial charge in [-0.2, -0.15) is 0 Å². The van der Waals surface area contributed by atoms with E-state index in [1.165, 1.54) is 19.3 Å². The van der Waals surface area contributed by atoms with Crippen LogP contribution in [0.25, 0.3) is 0 Å². The molecule has 2 rings (SSSR count). The summed E-state index contributed by atoms with van der Waals surface area (Å²) in [4.78, 5) is 0.